The molecule has 0 fully saturated rings. The van der Waals surface area contributed by atoms with E-state index in [0.717, 1.165) is 22.6 Å². The number of hydrogen-bond acceptors (Lipinski definition) is 5. The lowest BCUT2D eigenvalue weighted by molar-refractivity contribution is 0.766. The monoisotopic (exact) mass is 303 g/mol. The molecule has 0 spiro atoms. The van der Waals surface area contributed by atoms with Crippen LogP contribution in [0.25, 0.3) is 28.5 Å². The molecule has 0 radical (unpaired) electrons. The Balaban J connectivity index is 1.70. The van der Waals surface area contributed by atoms with Crippen molar-refractivity contribution in [3.8, 4) is 28.5 Å². The highest BCUT2D eigenvalue weighted by Crippen LogP contribution is 2.21. The van der Waals surface area contributed by atoms with Crippen LogP contribution in [-0.4, -0.2) is 34.5 Å². The zero-order valence-corrected chi connectivity index (χ0v) is 12.4. The fourth-order valence-electron chi connectivity index (χ4n) is 2.27. The smallest absolute Gasteiger partial charge is 0.178 e. The SMILES string of the molecule is Cn1cc(-n2cc(-c3cccc(-c4ncccn4)n3)cn2)cn1. The molecule has 0 aliphatic rings. The maximum atomic E-state index is 4.63. The van der Waals surface area contributed by atoms with Gasteiger partial charge >= 0.3 is 0 Å². The van der Waals surface area contributed by atoms with E-state index in [0.29, 0.717) is 5.82 Å². The van der Waals surface area contributed by atoms with Crippen molar-refractivity contribution in [2.75, 3.05) is 0 Å². The van der Waals surface area contributed by atoms with Crippen LogP contribution in [0.2, 0.25) is 0 Å². The topological polar surface area (TPSA) is 74.3 Å². The Labute approximate surface area is 132 Å². The van der Waals surface area contributed by atoms with Crippen molar-refractivity contribution in [3.63, 3.8) is 0 Å². The maximum Gasteiger partial charge on any atom is 0.178 e. The van der Waals surface area contributed by atoms with Crippen molar-refractivity contribution in [1.82, 2.24) is 34.5 Å². The van der Waals surface area contributed by atoms with Gasteiger partial charge < -0.3 is 0 Å². The molecule has 0 amide bonds. The van der Waals surface area contributed by atoms with Gasteiger partial charge in [0, 0.05) is 31.2 Å². The molecule has 7 nitrogen and oxygen atoms in total. The number of pyridine rings is 1. The zero-order valence-electron chi connectivity index (χ0n) is 12.4. The van der Waals surface area contributed by atoms with E-state index in [-0.39, 0.29) is 0 Å². The highest BCUT2D eigenvalue weighted by atomic mass is 15.3. The van der Waals surface area contributed by atoms with Crippen molar-refractivity contribution < 1.29 is 0 Å². The molecule has 23 heavy (non-hydrogen) atoms. The molecule has 0 N–H and O–H groups in total. The largest absolute Gasteiger partial charge is 0.274 e. The first-order valence-corrected chi connectivity index (χ1v) is 7.08. The molecule has 0 bridgehead atoms. The standard InChI is InChI=1S/C16H13N7/c1-22-11-13(9-19-22)23-10-12(8-20-23)14-4-2-5-15(21-14)16-17-6-3-7-18-16/h2-11H,1H3. The molecule has 0 saturated heterocycles. The van der Waals surface area contributed by atoms with Gasteiger partial charge in [0.2, 0.25) is 0 Å². The summed E-state index contributed by atoms with van der Waals surface area (Å²) in [5.41, 5.74) is 3.38. The second kappa shape index (κ2) is 5.45. The first-order valence-electron chi connectivity index (χ1n) is 7.08. The van der Waals surface area contributed by atoms with Crippen LogP contribution in [-0.2, 0) is 7.05 Å². The van der Waals surface area contributed by atoms with Crippen LogP contribution >= 0.6 is 0 Å². The van der Waals surface area contributed by atoms with Crippen molar-refractivity contribution >= 4 is 0 Å². The molecule has 112 valence electrons. The second-order valence-electron chi connectivity index (χ2n) is 5.03. The minimum absolute atomic E-state index is 0.606. The van der Waals surface area contributed by atoms with E-state index in [9.17, 15) is 0 Å². The molecular formula is C16H13N7. The lowest BCUT2D eigenvalue weighted by Crippen LogP contribution is -1.92. The third-order valence-corrected chi connectivity index (χ3v) is 3.38. The molecule has 0 aliphatic heterocycles. The predicted molar refractivity (Wildman–Crippen MR) is 84.6 cm³/mol. The molecule has 0 unspecified atom stereocenters. The van der Waals surface area contributed by atoms with Crippen LogP contribution in [0, 0.1) is 0 Å². The lowest BCUT2D eigenvalue weighted by atomic mass is 10.2. The van der Waals surface area contributed by atoms with E-state index in [4.69, 9.17) is 0 Å². The number of aromatic nitrogens is 7. The summed E-state index contributed by atoms with van der Waals surface area (Å²) in [5, 5.41) is 8.52. The average Bonchev–Trinajstić information content (AvgIpc) is 3.25. The van der Waals surface area contributed by atoms with Crippen LogP contribution in [0.3, 0.4) is 0 Å². The first kappa shape index (κ1) is 13.3. The average molecular weight is 303 g/mol. The summed E-state index contributed by atoms with van der Waals surface area (Å²) in [4.78, 5) is 13.1. The Kier molecular flexibility index (Phi) is 3.16. The van der Waals surface area contributed by atoms with E-state index in [1.165, 1.54) is 0 Å². The normalized spacial score (nSPS) is 10.8. The van der Waals surface area contributed by atoms with E-state index < -0.39 is 0 Å². The number of nitrogens with zero attached hydrogens (tertiary/aromatic N) is 7. The molecule has 4 aromatic heterocycles. The van der Waals surface area contributed by atoms with Gasteiger partial charge in [0.15, 0.2) is 5.82 Å². The zero-order chi connectivity index (χ0) is 15.6. The quantitative estimate of drug-likeness (QED) is 0.579. The summed E-state index contributed by atoms with van der Waals surface area (Å²) in [6.07, 6.45) is 10.8. The Hall–Kier alpha value is -3.35. The van der Waals surface area contributed by atoms with Gasteiger partial charge in [0.05, 0.1) is 24.3 Å². The predicted octanol–water partition coefficient (Wildman–Crippen LogP) is 2.12. The van der Waals surface area contributed by atoms with Gasteiger partial charge in [-0.1, -0.05) is 6.07 Å². The summed E-state index contributed by atoms with van der Waals surface area (Å²) in [5.74, 6) is 0.606. The van der Waals surface area contributed by atoms with Crippen LogP contribution < -0.4 is 0 Å². The van der Waals surface area contributed by atoms with Crippen molar-refractivity contribution in [3.05, 3.63) is 61.4 Å². The lowest BCUT2D eigenvalue weighted by Gasteiger charge is -2.01. The second-order valence-corrected chi connectivity index (χ2v) is 5.03. The molecule has 0 aliphatic carbocycles. The molecule has 0 atom stereocenters. The van der Waals surface area contributed by atoms with Crippen molar-refractivity contribution in [2.45, 2.75) is 0 Å². The van der Waals surface area contributed by atoms with Crippen LogP contribution in [0.1, 0.15) is 0 Å². The molecule has 0 saturated carbocycles. The third kappa shape index (κ3) is 2.59. The summed E-state index contributed by atoms with van der Waals surface area (Å²) in [7, 11) is 1.87. The minimum Gasteiger partial charge on any atom is -0.274 e. The molecule has 4 heterocycles. The Morgan fingerprint density at radius 1 is 0.870 bits per heavy atom. The van der Waals surface area contributed by atoms with E-state index >= 15 is 0 Å². The summed E-state index contributed by atoms with van der Waals surface area (Å²) >= 11 is 0. The van der Waals surface area contributed by atoms with Gasteiger partial charge in [-0.3, -0.25) is 4.68 Å². The van der Waals surface area contributed by atoms with E-state index in [1.807, 2.05) is 37.6 Å². The van der Waals surface area contributed by atoms with E-state index in [2.05, 4.69) is 25.1 Å². The van der Waals surface area contributed by atoms with Crippen molar-refractivity contribution in [2.24, 2.45) is 7.05 Å². The number of rotatable bonds is 3. The first-order chi connectivity index (χ1) is 11.3. The summed E-state index contributed by atoms with van der Waals surface area (Å²) in [6, 6.07) is 7.56. The fourth-order valence-corrected chi connectivity index (χ4v) is 2.27. The molecule has 7 heteroatoms. The highest BCUT2D eigenvalue weighted by molar-refractivity contribution is 5.62. The van der Waals surface area contributed by atoms with Gasteiger partial charge in [0.25, 0.3) is 0 Å². The van der Waals surface area contributed by atoms with Crippen LogP contribution in [0.5, 0.6) is 0 Å². The van der Waals surface area contributed by atoms with Gasteiger partial charge in [0.1, 0.15) is 11.4 Å². The van der Waals surface area contributed by atoms with Crippen LogP contribution in [0.15, 0.2) is 61.4 Å². The third-order valence-electron chi connectivity index (χ3n) is 3.38. The molecule has 4 aromatic rings. The van der Waals surface area contributed by atoms with Gasteiger partial charge in [-0.25, -0.2) is 19.6 Å². The Bertz CT molecular complexity index is 940. The van der Waals surface area contributed by atoms with Gasteiger partial charge in [-0.15, -0.1) is 0 Å². The summed E-state index contributed by atoms with van der Waals surface area (Å²) < 4.78 is 3.51. The van der Waals surface area contributed by atoms with Crippen LogP contribution in [0.4, 0.5) is 0 Å². The van der Waals surface area contributed by atoms with Gasteiger partial charge in [-0.2, -0.15) is 10.2 Å². The summed E-state index contributed by atoms with van der Waals surface area (Å²) in [6.45, 7) is 0. The fraction of sp³-hybridized carbons (Fsp3) is 0.0625. The molecular weight excluding hydrogens is 290 g/mol. The van der Waals surface area contributed by atoms with E-state index in [1.54, 1.807) is 40.2 Å². The Morgan fingerprint density at radius 2 is 1.70 bits per heavy atom. The molecule has 4 rings (SSSR count). The molecule has 0 aromatic carbocycles. The number of hydrogen-bond donors (Lipinski definition) is 0. The van der Waals surface area contributed by atoms with Gasteiger partial charge in [-0.05, 0) is 18.2 Å². The van der Waals surface area contributed by atoms with Crippen molar-refractivity contribution in [1.29, 1.82) is 0 Å². The number of aryl methyl sites for hydroxylation is 1. The highest BCUT2D eigenvalue weighted by Gasteiger charge is 2.08. The Morgan fingerprint density at radius 3 is 2.48 bits per heavy atom. The maximum absolute atomic E-state index is 4.63. The minimum atomic E-state index is 0.606.